The van der Waals surface area contributed by atoms with Gasteiger partial charge in [0.1, 0.15) is 0 Å². The van der Waals surface area contributed by atoms with Crippen LogP contribution in [0.15, 0.2) is 59.8 Å². The number of para-hydroxylation sites is 1. The predicted octanol–water partition coefficient (Wildman–Crippen LogP) is 3.18. The monoisotopic (exact) mass is 303 g/mol. The van der Waals surface area contributed by atoms with Crippen molar-refractivity contribution in [1.82, 2.24) is 10.4 Å². The number of aromatic amines is 1. The first kappa shape index (κ1) is 13.8. The van der Waals surface area contributed by atoms with Crippen LogP contribution in [0, 0.1) is 0 Å². The standard InChI is InChI=1S/C19H17N3O/c23-19(11-14-12-20-17-8-4-3-7-16(14)17)22-21-18-10-9-13-5-1-2-6-15(13)18/h1-8,12,20H,9-11H2,(H,22,23)/b21-18-. The summed E-state index contributed by atoms with van der Waals surface area (Å²) in [7, 11) is 0. The van der Waals surface area contributed by atoms with Gasteiger partial charge in [-0.3, -0.25) is 4.79 Å². The van der Waals surface area contributed by atoms with Gasteiger partial charge < -0.3 is 4.98 Å². The minimum Gasteiger partial charge on any atom is -0.361 e. The zero-order chi connectivity index (χ0) is 15.6. The van der Waals surface area contributed by atoms with Gasteiger partial charge in [-0.15, -0.1) is 0 Å². The summed E-state index contributed by atoms with van der Waals surface area (Å²) in [6.07, 6.45) is 4.09. The van der Waals surface area contributed by atoms with Crippen molar-refractivity contribution < 1.29 is 4.79 Å². The molecule has 1 aromatic heterocycles. The number of H-pyrrole nitrogens is 1. The molecule has 0 bridgehead atoms. The third kappa shape index (κ3) is 2.63. The van der Waals surface area contributed by atoms with E-state index in [1.165, 1.54) is 5.56 Å². The zero-order valence-electron chi connectivity index (χ0n) is 12.7. The highest BCUT2D eigenvalue weighted by Gasteiger charge is 2.17. The summed E-state index contributed by atoms with van der Waals surface area (Å²) in [4.78, 5) is 15.4. The highest BCUT2D eigenvalue weighted by atomic mass is 16.2. The number of rotatable bonds is 3. The van der Waals surface area contributed by atoms with Gasteiger partial charge in [0.15, 0.2) is 0 Å². The number of carbonyl (C=O) groups is 1. The van der Waals surface area contributed by atoms with Crippen molar-refractivity contribution in [2.75, 3.05) is 0 Å². The second-order valence-electron chi connectivity index (χ2n) is 5.79. The number of carbonyl (C=O) groups excluding carboxylic acids is 1. The van der Waals surface area contributed by atoms with Crippen LogP contribution >= 0.6 is 0 Å². The smallest absolute Gasteiger partial charge is 0.244 e. The van der Waals surface area contributed by atoms with Gasteiger partial charge in [-0.05, 0) is 30.0 Å². The Morgan fingerprint density at radius 1 is 1.09 bits per heavy atom. The van der Waals surface area contributed by atoms with Gasteiger partial charge in [-0.25, -0.2) is 5.43 Å². The topological polar surface area (TPSA) is 57.2 Å². The van der Waals surface area contributed by atoms with Gasteiger partial charge in [-0.1, -0.05) is 42.5 Å². The van der Waals surface area contributed by atoms with Crippen LogP contribution in [0.2, 0.25) is 0 Å². The SMILES string of the molecule is O=C(Cc1c[nH]c2ccccc12)N/N=C1/CCc2ccccc21. The number of nitrogens with zero attached hydrogens (tertiary/aromatic N) is 1. The highest BCUT2D eigenvalue weighted by Crippen LogP contribution is 2.22. The summed E-state index contributed by atoms with van der Waals surface area (Å²) >= 11 is 0. The second-order valence-corrected chi connectivity index (χ2v) is 5.79. The Balaban J connectivity index is 1.48. The third-order valence-corrected chi connectivity index (χ3v) is 4.30. The molecule has 1 heterocycles. The molecule has 1 amide bonds. The first-order chi connectivity index (χ1) is 11.3. The van der Waals surface area contributed by atoms with Crippen molar-refractivity contribution in [3.63, 3.8) is 0 Å². The number of amides is 1. The minimum atomic E-state index is -0.0911. The number of hydrazone groups is 1. The third-order valence-electron chi connectivity index (χ3n) is 4.30. The molecule has 1 aliphatic rings. The van der Waals surface area contributed by atoms with Crippen LogP contribution in [0.1, 0.15) is 23.1 Å². The fraction of sp³-hybridized carbons (Fsp3) is 0.158. The summed E-state index contributed by atoms with van der Waals surface area (Å²) in [6.45, 7) is 0. The van der Waals surface area contributed by atoms with Crippen LogP contribution in [0.5, 0.6) is 0 Å². The summed E-state index contributed by atoms with van der Waals surface area (Å²) in [5.74, 6) is -0.0911. The van der Waals surface area contributed by atoms with Crippen LogP contribution in [0.25, 0.3) is 10.9 Å². The molecule has 0 atom stereocenters. The van der Waals surface area contributed by atoms with Gasteiger partial charge >= 0.3 is 0 Å². The molecule has 0 saturated carbocycles. The molecule has 2 N–H and O–H groups in total. The van der Waals surface area contributed by atoms with Crippen LogP contribution < -0.4 is 5.43 Å². The van der Waals surface area contributed by atoms with E-state index in [0.29, 0.717) is 6.42 Å². The summed E-state index contributed by atoms with van der Waals surface area (Å²) < 4.78 is 0. The zero-order valence-corrected chi connectivity index (χ0v) is 12.7. The molecule has 0 fully saturated rings. The number of aromatic nitrogens is 1. The summed E-state index contributed by atoms with van der Waals surface area (Å²) in [5, 5.41) is 5.42. The molecule has 1 aliphatic carbocycles. The lowest BCUT2D eigenvalue weighted by Gasteiger charge is -2.02. The molecule has 3 aromatic rings. The van der Waals surface area contributed by atoms with Crippen LogP contribution in [0.4, 0.5) is 0 Å². The summed E-state index contributed by atoms with van der Waals surface area (Å²) in [5.41, 5.74) is 8.16. The van der Waals surface area contributed by atoms with E-state index in [1.807, 2.05) is 42.6 Å². The van der Waals surface area contributed by atoms with Gasteiger partial charge in [0, 0.05) is 22.7 Å². The van der Waals surface area contributed by atoms with Gasteiger partial charge in [0.25, 0.3) is 0 Å². The molecule has 4 rings (SSSR count). The minimum absolute atomic E-state index is 0.0911. The number of nitrogens with one attached hydrogen (secondary N) is 2. The van der Waals surface area contributed by atoms with Crippen molar-refractivity contribution in [2.24, 2.45) is 5.10 Å². The maximum absolute atomic E-state index is 12.2. The fourth-order valence-corrected chi connectivity index (χ4v) is 3.14. The fourth-order valence-electron chi connectivity index (χ4n) is 3.14. The molecule has 23 heavy (non-hydrogen) atoms. The van der Waals surface area contributed by atoms with Crippen molar-refractivity contribution >= 4 is 22.5 Å². The molecule has 2 aromatic carbocycles. The van der Waals surface area contributed by atoms with Crippen molar-refractivity contribution in [2.45, 2.75) is 19.3 Å². The molecular formula is C19H17N3O. The lowest BCUT2D eigenvalue weighted by molar-refractivity contribution is -0.120. The molecule has 114 valence electrons. The van der Waals surface area contributed by atoms with Crippen molar-refractivity contribution in [3.8, 4) is 0 Å². The number of hydrogen-bond acceptors (Lipinski definition) is 2. The number of fused-ring (bicyclic) bond motifs is 2. The van der Waals surface area contributed by atoms with E-state index in [1.54, 1.807) is 0 Å². The normalized spacial score (nSPS) is 15.0. The maximum atomic E-state index is 12.2. The van der Waals surface area contributed by atoms with Gasteiger partial charge in [0.2, 0.25) is 5.91 Å². The second kappa shape index (κ2) is 5.72. The number of benzene rings is 2. The molecule has 0 spiro atoms. The summed E-state index contributed by atoms with van der Waals surface area (Å²) in [6, 6.07) is 16.2. The Morgan fingerprint density at radius 3 is 2.87 bits per heavy atom. The lowest BCUT2D eigenvalue weighted by atomic mass is 10.1. The first-order valence-corrected chi connectivity index (χ1v) is 7.80. The van der Waals surface area contributed by atoms with E-state index in [2.05, 4.69) is 27.6 Å². The highest BCUT2D eigenvalue weighted by molar-refractivity contribution is 6.05. The van der Waals surface area contributed by atoms with Gasteiger partial charge in [-0.2, -0.15) is 5.10 Å². The lowest BCUT2D eigenvalue weighted by Crippen LogP contribution is -2.21. The van der Waals surface area contributed by atoms with E-state index in [-0.39, 0.29) is 5.91 Å². The quantitative estimate of drug-likeness (QED) is 0.717. The predicted molar refractivity (Wildman–Crippen MR) is 91.4 cm³/mol. The average Bonchev–Trinajstić information content (AvgIpc) is 3.18. The molecule has 0 aliphatic heterocycles. The van der Waals surface area contributed by atoms with Crippen LogP contribution in [-0.2, 0) is 17.6 Å². The molecular weight excluding hydrogens is 286 g/mol. The number of hydrogen-bond donors (Lipinski definition) is 2. The Labute approximate surface area is 134 Å². The molecule has 4 nitrogen and oxygen atoms in total. The van der Waals surface area contributed by atoms with Crippen LogP contribution in [-0.4, -0.2) is 16.6 Å². The molecule has 0 saturated heterocycles. The Morgan fingerprint density at radius 2 is 1.91 bits per heavy atom. The van der Waals surface area contributed by atoms with Crippen LogP contribution in [0.3, 0.4) is 0 Å². The Kier molecular flexibility index (Phi) is 3.42. The van der Waals surface area contributed by atoms with E-state index in [4.69, 9.17) is 0 Å². The average molecular weight is 303 g/mol. The molecule has 0 unspecified atom stereocenters. The Bertz CT molecular complexity index is 908. The largest absolute Gasteiger partial charge is 0.361 e. The molecule has 0 radical (unpaired) electrons. The van der Waals surface area contributed by atoms with E-state index >= 15 is 0 Å². The van der Waals surface area contributed by atoms with Gasteiger partial charge in [0.05, 0.1) is 12.1 Å². The van der Waals surface area contributed by atoms with Crippen molar-refractivity contribution in [3.05, 3.63) is 71.4 Å². The van der Waals surface area contributed by atoms with E-state index in [9.17, 15) is 4.79 Å². The maximum Gasteiger partial charge on any atom is 0.244 e. The van der Waals surface area contributed by atoms with E-state index in [0.717, 1.165) is 40.6 Å². The first-order valence-electron chi connectivity index (χ1n) is 7.80. The number of aryl methyl sites for hydroxylation is 1. The molecule has 4 heteroatoms. The Hall–Kier alpha value is -2.88. The van der Waals surface area contributed by atoms with E-state index < -0.39 is 0 Å². The van der Waals surface area contributed by atoms with Crippen molar-refractivity contribution in [1.29, 1.82) is 0 Å².